The second-order valence-electron chi connectivity index (χ2n) is 4.13. The molecule has 106 valence electrons. The Labute approximate surface area is 126 Å². The Hall–Kier alpha value is -1.59. The zero-order valence-corrected chi connectivity index (χ0v) is 12.5. The van der Waals surface area contributed by atoms with Gasteiger partial charge in [0.05, 0.1) is 10.0 Å². The smallest absolute Gasteiger partial charge is 0.224 e. The van der Waals surface area contributed by atoms with Crippen molar-refractivity contribution in [3.8, 4) is 0 Å². The van der Waals surface area contributed by atoms with Gasteiger partial charge >= 0.3 is 0 Å². The summed E-state index contributed by atoms with van der Waals surface area (Å²) in [5.74, 6) is 0.465. The van der Waals surface area contributed by atoms with E-state index in [0.29, 0.717) is 17.5 Å². The number of nitrogens with one attached hydrogen (secondary N) is 2. The van der Waals surface area contributed by atoms with E-state index in [0.717, 1.165) is 12.2 Å². The van der Waals surface area contributed by atoms with Crippen LogP contribution in [0.3, 0.4) is 0 Å². The molecule has 4 nitrogen and oxygen atoms in total. The first-order valence-electron chi connectivity index (χ1n) is 6.00. The number of aryl methyl sites for hydroxylation is 1. The summed E-state index contributed by atoms with van der Waals surface area (Å²) < 4.78 is 13.4. The van der Waals surface area contributed by atoms with Gasteiger partial charge in [-0.3, -0.25) is 0 Å². The lowest BCUT2D eigenvalue weighted by molar-refractivity contribution is 0.629. The van der Waals surface area contributed by atoms with Gasteiger partial charge in [-0.2, -0.15) is 4.98 Å². The van der Waals surface area contributed by atoms with Crippen LogP contribution in [-0.2, 0) is 0 Å². The molecule has 1 aromatic carbocycles. The van der Waals surface area contributed by atoms with Crippen molar-refractivity contribution in [2.45, 2.75) is 13.8 Å². The lowest BCUT2D eigenvalue weighted by Gasteiger charge is -2.10. The number of nitrogens with zero attached hydrogens (tertiary/aromatic N) is 2. The largest absolute Gasteiger partial charge is 0.354 e. The van der Waals surface area contributed by atoms with E-state index in [9.17, 15) is 4.39 Å². The first-order valence-corrected chi connectivity index (χ1v) is 6.76. The van der Waals surface area contributed by atoms with Crippen LogP contribution in [0.5, 0.6) is 0 Å². The molecule has 0 spiro atoms. The molecule has 2 rings (SSSR count). The highest BCUT2D eigenvalue weighted by molar-refractivity contribution is 6.35. The van der Waals surface area contributed by atoms with Gasteiger partial charge in [-0.25, -0.2) is 9.37 Å². The van der Waals surface area contributed by atoms with Gasteiger partial charge in [0.2, 0.25) is 5.95 Å². The molecular weight excluding hydrogens is 302 g/mol. The average molecular weight is 315 g/mol. The van der Waals surface area contributed by atoms with E-state index >= 15 is 0 Å². The summed E-state index contributed by atoms with van der Waals surface area (Å²) in [6.45, 7) is 4.54. The van der Waals surface area contributed by atoms with Crippen LogP contribution < -0.4 is 10.6 Å². The van der Waals surface area contributed by atoms with Gasteiger partial charge in [0.1, 0.15) is 5.82 Å². The highest BCUT2D eigenvalue weighted by Crippen LogP contribution is 2.28. The SMILES string of the molecule is CCNc1nc(C)cc(Nc2cc(Cl)c(F)c(Cl)c2)n1. The fourth-order valence-corrected chi connectivity index (χ4v) is 2.13. The van der Waals surface area contributed by atoms with Crippen molar-refractivity contribution >= 4 is 40.7 Å². The molecule has 0 fully saturated rings. The predicted molar refractivity (Wildman–Crippen MR) is 80.6 cm³/mol. The van der Waals surface area contributed by atoms with E-state index in [-0.39, 0.29) is 10.0 Å². The third-order valence-electron chi connectivity index (χ3n) is 2.45. The summed E-state index contributed by atoms with van der Waals surface area (Å²) in [6.07, 6.45) is 0. The van der Waals surface area contributed by atoms with Crippen molar-refractivity contribution in [2.75, 3.05) is 17.2 Å². The normalized spacial score (nSPS) is 10.4. The molecule has 0 aliphatic carbocycles. The Morgan fingerprint density at radius 2 is 1.80 bits per heavy atom. The minimum absolute atomic E-state index is 0.0438. The van der Waals surface area contributed by atoms with Crippen LogP contribution in [0.15, 0.2) is 18.2 Å². The number of anilines is 3. The van der Waals surface area contributed by atoms with Crippen LogP contribution in [0.4, 0.5) is 21.8 Å². The van der Waals surface area contributed by atoms with Crippen LogP contribution >= 0.6 is 23.2 Å². The summed E-state index contributed by atoms with van der Waals surface area (Å²) in [6, 6.07) is 4.67. The van der Waals surface area contributed by atoms with Gasteiger partial charge in [0.15, 0.2) is 5.82 Å². The van der Waals surface area contributed by atoms with Crippen LogP contribution in [-0.4, -0.2) is 16.5 Å². The van der Waals surface area contributed by atoms with Gasteiger partial charge in [-0.15, -0.1) is 0 Å². The molecule has 0 unspecified atom stereocenters. The van der Waals surface area contributed by atoms with Gasteiger partial charge in [-0.1, -0.05) is 23.2 Å². The number of aromatic nitrogens is 2. The minimum Gasteiger partial charge on any atom is -0.354 e. The molecule has 0 aliphatic rings. The second-order valence-corrected chi connectivity index (χ2v) is 4.94. The fraction of sp³-hybridized carbons (Fsp3) is 0.231. The summed E-state index contributed by atoms with van der Waals surface area (Å²) in [7, 11) is 0. The molecule has 2 aromatic rings. The molecule has 7 heteroatoms. The van der Waals surface area contributed by atoms with Crippen molar-refractivity contribution in [3.63, 3.8) is 0 Å². The quantitative estimate of drug-likeness (QED) is 0.821. The Balaban J connectivity index is 2.30. The maximum atomic E-state index is 13.4. The van der Waals surface area contributed by atoms with E-state index in [1.165, 1.54) is 12.1 Å². The number of hydrogen-bond donors (Lipinski definition) is 2. The van der Waals surface area contributed by atoms with E-state index in [4.69, 9.17) is 23.2 Å². The lowest BCUT2D eigenvalue weighted by atomic mass is 10.3. The molecular formula is C13H13Cl2FN4. The van der Waals surface area contributed by atoms with E-state index in [1.54, 1.807) is 6.07 Å². The number of halogens is 3. The highest BCUT2D eigenvalue weighted by atomic mass is 35.5. The Morgan fingerprint density at radius 1 is 1.15 bits per heavy atom. The maximum absolute atomic E-state index is 13.4. The second kappa shape index (κ2) is 6.24. The van der Waals surface area contributed by atoms with E-state index < -0.39 is 5.82 Å². The summed E-state index contributed by atoms with van der Waals surface area (Å²) >= 11 is 11.5. The average Bonchev–Trinajstić information content (AvgIpc) is 2.35. The van der Waals surface area contributed by atoms with Crippen molar-refractivity contribution in [3.05, 3.63) is 39.8 Å². The molecule has 0 atom stereocenters. The predicted octanol–water partition coefficient (Wildman–Crippen LogP) is 4.41. The molecule has 20 heavy (non-hydrogen) atoms. The molecule has 0 bridgehead atoms. The number of benzene rings is 1. The topological polar surface area (TPSA) is 49.8 Å². The Morgan fingerprint density at radius 3 is 2.40 bits per heavy atom. The van der Waals surface area contributed by atoms with Crippen LogP contribution in [0, 0.1) is 12.7 Å². The molecule has 2 N–H and O–H groups in total. The summed E-state index contributed by atoms with van der Waals surface area (Å²) in [5, 5.41) is 5.97. The van der Waals surface area contributed by atoms with E-state index in [2.05, 4.69) is 20.6 Å². The number of rotatable bonds is 4. The third kappa shape index (κ3) is 3.49. The van der Waals surface area contributed by atoms with Crippen molar-refractivity contribution < 1.29 is 4.39 Å². The molecule has 0 radical (unpaired) electrons. The van der Waals surface area contributed by atoms with Crippen molar-refractivity contribution in [1.82, 2.24) is 9.97 Å². The molecule has 1 aromatic heterocycles. The number of hydrogen-bond acceptors (Lipinski definition) is 4. The molecule has 0 aliphatic heterocycles. The van der Waals surface area contributed by atoms with E-state index in [1.807, 2.05) is 13.8 Å². The molecule has 0 saturated carbocycles. The van der Waals surface area contributed by atoms with Crippen LogP contribution in [0.25, 0.3) is 0 Å². The lowest BCUT2D eigenvalue weighted by Crippen LogP contribution is -2.05. The molecule has 0 amide bonds. The van der Waals surface area contributed by atoms with Crippen molar-refractivity contribution in [1.29, 1.82) is 0 Å². The Bertz CT molecular complexity index is 611. The highest BCUT2D eigenvalue weighted by Gasteiger charge is 2.09. The zero-order valence-electron chi connectivity index (χ0n) is 11.0. The first kappa shape index (κ1) is 14.8. The van der Waals surface area contributed by atoms with Gasteiger partial charge in [0, 0.05) is 24.0 Å². The van der Waals surface area contributed by atoms with Gasteiger partial charge in [-0.05, 0) is 26.0 Å². The first-order chi connectivity index (χ1) is 9.49. The van der Waals surface area contributed by atoms with Crippen LogP contribution in [0.2, 0.25) is 10.0 Å². The third-order valence-corrected chi connectivity index (χ3v) is 3.00. The Kier molecular flexibility index (Phi) is 4.62. The monoisotopic (exact) mass is 314 g/mol. The fourth-order valence-electron chi connectivity index (χ4n) is 1.65. The standard InChI is InChI=1S/C13H13Cl2FN4/c1-3-17-13-18-7(2)4-11(20-13)19-8-5-9(14)12(16)10(15)6-8/h4-6H,3H2,1-2H3,(H2,17,18,19,20). The molecule has 0 saturated heterocycles. The van der Waals surface area contributed by atoms with Crippen molar-refractivity contribution in [2.24, 2.45) is 0 Å². The minimum atomic E-state index is -0.633. The summed E-state index contributed by atoms with van der Waals surface area (Å²) in [5.41, 5.74) is 1.36. The summed E-state index contributed by atoms with van der Waals surface area (Å²) in [4.78, 5) is 8.53. The van der Waals surface area contributed by atoms with Gasteiger partial charge in [0.25, 0.3) is 0 Å². The maximum Gasteiger partial charge on any atom is 0.224 e. The zero-order chi connectivity index (χ0) is 14.7. The molecule has 1 heterocycles. The van der Waals surface area contributed by atoms with Crippen LogP contribution in [0.1, 0.15) is 12.6 Å². The van der Waals surface area contributed by atoms with Gasteiger partial charge < -0.3 is 10.6 Å².